The number of methoxy groups -OCH3 is 1. The van der Waals surface area contributed by atoms with Crippen LogP contribution in [0.3, 0.4) is 0 Å². The number of primary amides is 1. The predicted molar refractivity (Wildman–Crippen MR) is 94.3 cm³/mol. The zero-order chi connectivity index (χ0) is 17.7. The van der Waals surface area contributed by atoms with Crippen molar-refractivity contribution in [3.63, 3.8) is 0 Å². The highest BCUT2D eigenvalue weighted by Crippen LogP contribution is 2.32. The number of hydrogen-bond donors (Lipinski definition) is 2. The minimum atomic E-state index is -0.359. The Bertz CT molecular complexity index is 718. The number of aryl methyl sites for hydroxylation is 1. The lowest BCUT2D eigenvalue weighted by Crippen LogP contribution is -2.34. The lowest BCUT2D eigenvalue weighted by atomic mass is 10.0. The van der Waals surface area contributed by atoms with Crippen LogP contribution in [0.4, 0.5) is 0 Å². The number of aromatic nitrogens is 2. The number of nitrogens with zero attached hydrogens (tertiary/aromatic N) is 2. The molecule has 2 aromatic rings. The zero-order valence-electron chi connectivity index (χ0n) is 13.6. The van der Waals surface area contributed by atoms with Gasteiger partial charge in [0.2, 0.25) is 5.91 Å². The van der Waals surface area contributed by atoms with Crippen molar-refractivity contribution in [3.8, 4) is 5.75 Å². The molecule has 0 aliphatic carbocycles. The zero-order valence-corrected chi connectivity index (χ0v) is 15.1. The van der Waals surface area contributed by atoms with Crippen LogP contribution in [0, 0.1) is 5.92 Å². The number of nitrogens with one attached hydrogen (secondary N) is 1. The second-order valence-corrected chi connectivity index (χ2v) is 6.38. The predicted octanol–water partition coefficient (Wildman–Crippen LogP) is 2.17. The lowest BCUT2D eigenvalue weighted by Gasteiger charge is -2.15. The van der Waals surface area contributed by atoms with Crippen LogP contribution >= 0.6 is 23.2 Å². The highest BCUT2D eigenvalue weighted by atomic mass is 35.5. The van der Waals surface area contributed by atoms with Crippen molar-refractivity contribution in [2.75, 3.05) is 13.7 Å². The Kier molecular flexibility index (Phi) is 6.48. The van der Waals surface area contributed by atoms with Crippen molar-refractivity contribution in [1.82, 2.24) is 15.1 Å². The highest BCUT2D eigenvalue weighted by Gasteiger charge is 2.17. The monoisotopic (exact) mass is 370 g/mol. The summed E-state index contributed by atoms with van der Waals surface area (Å²) in [5.74, 6) is -0.131. The fourth-order valence-electron chi connectivity index (χ4n) is 2.49. The molecular formula is C16H20Cl2N4O2. The molecule has 1 aromatic heterocycles. The average molecular weight is 371 g/mol. The molecule has 0 saturated heterocycles. The van der Waals surface area contributed by atoms with Crippen LogP contribution in [0.5, 0.6) is 5.75 Å². The minimum Gasteiger partial charge on any atom is -0.495 e. The number of amides is 1. The molecule has 3 N–H and O–H groups in total. The molecule has 1 aromatic carbocycles. The van der Waals surface area contributed by atoms with Crippen molar-refractivity contribution in [2.45, 2.75) is 13.0 Å². The van der Waals surface area contributed by atoms with Crippen LogP contribution < -0.4 is 15.8 Å². The number of hydrogen-bond acceptors (Lipinski definition) is 4. The summed E-state index contributed by atoms with van der Waals surface area (Å²) in [7, 11) is 3.38. The molecule has 0 fully saturated rings. The molecule has 0 bridgehead atoms. The van der Waals surface area contributed by atoms with Crippen LogP contribution in [0.1, 0.15) is 11.1 Å². The first-order chi connectivity index (χ1) is 11.4. The molecule has 2 rings (SSSR count). The van der Waals surface area contributed by atoms with Gasteiger partial charge in [-0.2, -0.15) is 5.10 Å². The topological polar surface area (TPSA) is 82.2 Å². The Hall–Kier alpha value is -1.76. The molecule has 6 nitrogen and oxygen atoms in total. The molecule has 0 aliphatic heterocycles. The molecule has 130 valence electrons. The molecule has 0 spiro atoms. The number of halogens is 2. The van der Waals surface area contributed by atoms with E-state index in [-0.39, 0.29) is 11.8 Å². The Balaban J connectivity index is 1.99. The van der Waals surface area contributed by atoms with E-state index in [9.17, 15) is 4.79 Å². The van der Waals surface area contributed by atoms with Gasteiger partial charge in [-0.1, -0.05) is 23.2 Å². The van der Waals surface area contributed by atoms with Gasteiger partial charge in [0, 0.05) is 36.9 Å². The average Bonchev–Trinajstić information content (AvgIpc) is 2.91. The van der Waals surface area contributed by atoms with E-state index < -0.39 is 0 Å². The molecule has 24 heavy (non-hydrogen) atoms. The molecule has 8 heteroatoms. The fourth-order valence-corrected chi connectivity index (χ4v) is 3.10. The number of rotatable bonds is 8. The smallest absolute Gasteiger partial charge is 0.222 e. The minimum absolute atomic E-state index is 0.338. The van der Waals surface area contributed by atoms with Crippen molar-refractivity contribution >= 4 is 29.1 Å². The van der Waals surface area contributed by atoms with Crippen LogP contribution in [-0.2, 0) is 24.8 Å². The van der Waals surface area contributed by atoms with Crippen LogP contribution in [0.15, 0.2) is 24.5 Å². The third kappa shape index (κ3) is 4.87. The van der Waals surface area contributed by atoms with E-state index in [0.29, 0.717) is 35.3 Å². The largest absolute Gasteiger partial charge is 0.495 e. The first-order valence-electron chi connectivity index (χ1n) is 7.40. The Morgan fingerprint density at radius 3 is 2.79 bits per heavy atom. The van der Waals surface area contributed by atoms with Gasteiger partial charge in [0.1, 0.15) is 5.75 Å². The third-order valence-corrected chi connectivity index (χ3v) is 4.14. The standard InChI is InChI=1S/C16H20Cl2N4O2/c1-22-9-10(6-21-22)3-12(16(19)23)8-20-7-11-4-13(17)5-14(18)15(11)24-2/h4-6,9,12,20H,3,7-8H2,1-2H3,(H2,19,23)/t12-/m1/s1. The maximum Gasteiger partial charge on any atom is 0.222 e. The van der Waals surface area contributed by atoms with E-state index in [1.165, 1.54) is 0 Å². The maximum atomic E-state index is 11.7. The normalized spacial score (nSPS) is 12.2. The van der Waals surface area contributed by atoms with Gasteiger partial charge in [-0.3, -0.25) is 9.48 Å². The first kappa shape index (κ1) is 18.6. The molecular weight excluding hydrogens is 351 g/mol. The van der Waals surface area contributed by atoms with Crippen molar-refractivity contribution in [3.05, 3.63) is 45.7 Å². The van der Waals surface area contributed by atoms with Gasteiger partial charge in [-0.15, -0.1) is 0 Å². The SMILES string of the molecule is COc1c(Cl)cc(Cl)cc1CNC[C@@H](Cc1cnn(C)c1)C(N)=O. The summed E-state index contributed by atoms with van der Waals surface area (Å²) >= 11 is 12.1. The van der Waals surface area contributed by atoms with E-state index in [1.54, 1.807) is 30.1 Å². The van der Waals surface area contributed by atoms with Crippen molar-refractivity contribution in [2.24, 2.45) is 18.7 Å². The lowest BCUT2D eigenvalue weighted by molar-refractivity contribution is -0.121. The summed E-state index contributed by atoms with van der Waals surface area (Å²) < 4.78 is 7.00. The van der Waals surface area contributed by atoms with E-state index in [4.69, 9.17) is 33.7 Å². The highest BCUT2D eigenvalue weighted by molar-refractivity contribution is 6.35. The summed E-state index contributed by atoms with van der Waals surface area (Å²) in [6.07, 6.45) is 4.13. The van der Waals surface area contributed by atoms with Gasteiger partial charge in [-0.25, -0.2) is 0 Å². The number of benzene rings is 1. The van der Waals surface area contributed by atoms with Gasteiger partial charge < -0.3 is 15.8 Å². The van der Waals surface area contributed by atoms with Gasteiger partial charge in [0.15, 0.2) is 0 Å². The van der Waals surface area contributed by atoms with Crippen LogP contribution in [-0.4, -0.2) is 29.3 Å². The van der Waals surface area contributed by atoms with Crippen LogP contribution in [0.2, 0.25) is 10.0 Å². The second kappa shape index (κ2) is 8.37. The Morgan fingerprint density at radius 2 is 2.21 bits per heavy atom. The number of nitrogens with two attached hydrogens (primary N) is 1. The second-order valence-electron chi connectivity index (χ2n) is 5.54. The number of ether oxygens (including phenoxy) is 1. The van der Waals surface area contributed by atoms with Gasteiger partial charge in [0.05, 0.1) is 24.2 Å². The molecule has 1 atom stereocenters. The third-order valence-electron chi connectivity index (χ3n) is 3.64. The van der Waals surface area contributed by atoms with E-state index in [2.05, 4.69) is 10.4 Å². The number of carbonyl (C=O) groups is 1. The summed E-state index contributed by atoms with van der Waals surface area (Å²) in [6, 6.07) is 3.40. The fraction of sp³-hybridized carbons (Fsp3) is 0.375. The molecule has 0 saturated carbocycles. The molecule has 0 radical (unpaired) electrons. The first-order valence-corrected chi connectivity index (χ1v) is 8.15. The van der Waals surface area contributed by atoms with Gasteiger partial charge in [0.25, 0.3) is 0 Å². The quantitative estimate of drug-likeness (QED) is 0.745. The Labute approximate surface area is 150 Å². The Morgan fingerprint density at radius 1 is 1.46 bits per heavy atom. The maximum absolute atomic E-state index is 11.7. The summed E-state index contributed by atoms with van der Waals surface area (Å²) in [4.78, 5) is 11.7. The number of carbonyl (C=O) groups excluding carboxylic acids is 1. The summed E-state index contributed by atoms with van der Waals surface area (Å²) in [5.41, 5.74) is 7.29. The molecule has 1 heterocycles. The van der Waals surface area contributed by atoms with Crippen LogP contribution in [0.25, 0.3) is 0 Å². The van der Waals surface area contributed by atoms with E-state index in [0.717, 1.165) is 11.1 Å². The van der Waals surface area contributed by atoms with E-state index >= 15 is 0 Å². The molecule has 0 aliphatic rings. The van der Waals surface area contributed by atoms with Gasteiger partial charge in [-0.05, 0) is 24.1 Å². The summed E-state index contributed by atoms with van der Waals surface area (Å²) in [6.45, 7) is 0.887. The van der Waals surface area contributed by atoms with E-state index in [1.807, 2.05) is 13.2 Å². The molecule has 0 unspecified atom stereocenters. The summed E-state index contributed by atoms with van der Waals surface area (Å²) in [5, 5.41) is 8.29. The van der Waals surface area contributed by atoms with Gasteiger partial charge >= 0.3 is 0 Å². The van der Waals surface area contributed by atoms with Crippen molar-refractivity contribution < 1.29 is 9.53 Å². The molecule has 1 amide bonds. The van der Waals surface area contributed by atoms with Crippen molar-refractivity contribution in [1.29, 1.82) is 0 Å².